The van der Waals surface area contributed by atoms with Crippen LogP contribution in [-0.4, -0.2) is 98.0 Å². The Morgan fingerprint density at radius 3 is 2.55 bits per heavy atom. The number of aliphatic hydroxyl groups excluding tert-OH is 2. The maximum Gasteiger partial charge on any atom is 0.470 e. The van der Waals surface area contributed by atoms with E-state index in [2.05, 4.69) is 16.8 Å². The van der Waals surface area contributed by atoms with Crippen LogP contribution in [-0.2, 0) is 18.6 Å². The molecule has 2 aliphatic rings. The first-order chi connectivity index (χ1) is 14.4. The molecule has 4 unspecified atom stereocenters. The Hall–Kier alpha value is 0.0600. The van der Waals surface area contributed by atoms with Gasteiger partial charge in [-0.3, -0.25) is 14.2 Å². The number of ether oxygens (including phenoxy) is 1. The standard InChI is InChI=1S/C18H34ClN2O8PS/c1-5-6-10-7-11(21(3)8-10)17(24)20-12(9(2)19)15-13(22)14(23)16(18(28-15)31-4)29-30(25,26)27/h9-16,18,22-23H,5-8H2,1-4H3,(H,20,24)(H2,25,26,27)/t9?,10-,11+,12?,13-,14-,15?,16?,18-/m0/s1. The lowest BCUT2D eigenvalue weighted by atomic mass is 9.92. The molecule has 9 atom stereocenters. The van der Waals surface area contributed by atoms with Crippen molar-refractivity contribution >= 4 is 37.1 Å². The van der Waals surface area contributed by atoms with Gasteiger partial charge in [0.1, 0.15) is 29.9 Å². The molecule has 31 heavy (non-hydrogen) atoms. The van der Waals surface area contributed by atoms with E-state index in [4.69, 9.17) is 26.1 Å². The molecule has 10 nitrogen and oxygen atoms in total. The normalized spacial score (nSPS) is 36.9. The van der Waals surface area contributed by atoms with Gasteiger partial charge < -0.3 is 30.1 Å². The average molecular weight is 505 g/mol. The fourth-order valence-corrected chi connectivity index (χ4v) is 5.93. The summed E-state index contributed by atoms with van der Waals surface area (Å²) in [6.07, 6.45) is -1.37. The number of nitrogens with one attached hydrogen (secondary N) is 1. The maximum atomic E-state index is 13.0. The number of phosphoric acid groups is 1. The van der Waals surface area contributed by atoms with Crippen LogP contribution in [0.2, 0.25) is 0 Å². The Bertz CT molecular complexity index is 654. The summed E-state index contributed by atoms with van der Waals surface area (Å²) >= 11 is 7.38. The van der Waals surface area contributed by atoms with Gasteiger partial charge in [0.25, 0.3) is 0 Å². The topological polar surface area (TPSA) is 149 Å². The van der Waals surface area contributed by atoms with Crippen LogP contribution >= 0.6 is 31.2 Å². The lowest BCUT2D eigenvalue weighted by Gasteiger charge is -2.45. The van der Waals surface area contributed by atoms with Crippen LogP contribution in [0.4, 0.5) is 0 Å². The highest BCUT2D eigenvalue weighted by Gasteiger charge is 2.51. The fraction of sp³-hybridized carbons (Fsp3) is 0.944. The third-order valence-corrected chi connectivity index (χ3v) is 7.50. The summed E-state index contributed by atoms with van der Waals surface area (Å²) in [7, 11) is -3.04. The SMILES string of the molecule is CCC[C@H]1C[C@H](C(=O)NC(C(C)Cl)C2O[C@@H](SC)C(OP(=O)(O)O)[C@@H](O)[C@@H]2O)N(C)C1. The molecule has 0 spiro atoms. The molecule has 2 aliphatic heterocycles. The molecule has 0 saturated carbocycles. The predicted octanol–water partition coefficient (Wildman–Crippen LogP) is 0.507. The van der Waals surface area contributed by atoms with Crippen molar-refractivity contribution in [2.75, 3.05) is 19.8 Å². The van der Waals surface area contributed by atoms with Crippen LogP contribution in [0.5, 0.6) is 0 Å². The maximum absolute atomic E-state index is 13.0. The molecule has 0 aromatic heterocycles. The molecule has 2 heterocycles. The van der Waals surface area contributed by atoms with Crippen LogP contribution in [0.15, 0.2) is 0 Å². The summed E-state index contributed by atoms with van der Waals surface area (Å²) in [6.45, 7) is 4.57. The van der Waals surface area contributed by atoms with Crippen LogP contribution < -0.4 is 5.32 Å². The fourth-order valence-electron chi connectivity index (χ4n) is 4.37. The number of hydrogen-bond acceptors (Lipinski definition) is 8. The van der Waals surface area contributed by atoms with Gasteiger partial charge >= 0.3 is 7.82 Å². The molecular weight excluding hydrogens is 471 g/mol. The predicted molar refractivity (Wildman–Crippen MR) is 118 cm³/mol. The van der Waals surface area contributed by atoms with Gasteiger partial charge in [0.05, 0.1) is 17.5 Å². The molecule has 0 radical (unpaired) electrons. The highest BCUT2D eigenvalue weighted by Crippen LogP contribution is 2.43. The van der Waals surface area contributed by atoms with E-state index in [1.165, 1.54) is 0 Å². The van der Waals surface area contributed by atoms with E-state index in [0.717, 1.165) is 37.6 Å². The molecule has 0 aromatic rings. The summed E-state index contributed by atoms with van der Waals surface area (Å²) < 4.78 is 21.7. The molecule has 5 N–H and O–H groups in total. The first-order valence-corrected chi connectivity index (χ1v) is 13.6. The Balaban J connectivity index is 2.15. The highest BCUT2D eigenvalue weighted by molar-refractivity contribution is 7.99. The lowest BCUT2D eigenvalue weighted by Crippen LogP contribution is -2.65. The number of nitrogens with zero attached hydrogens (tertiary/aromatic N) is 1. The van der Waals surface area contributed by atoms with E-state index in [1.807, 2.05) is 11.9 Å². The zero-order valence-electron chi connectivity index (χ0n) is 18.1. The van der Waals surface area contributed by atoms with E-state index < -0.39 is 49.1 Å². The minimum atomic E-state index is -4.93. The molecule has 2 rings (SSSR count). The molecule has 13 heteroatoms. The minimum Gasteiger partial charge on any atom is -0.388 e. The number of likely N-dealkylation sites (tertiary alicyclic amines) is 1. The monoisotopic (exact) mass is 504 g/mol. The van der Waals surface area contributed by atoms with Crippen molar-refractivity contribution in [3.63, 3.8) is 0 Å². The summed E-state index contributed by atoms with van der Waals surface area (Å²) in [4.78, 5) is 33.3. The number of thioether (sulfide) groups is 1. The first-order valence-electron chi connectivity index (χ1n) is 10.3. The number of halogens is 1. The van der Waals surface area contributed by atoms with E-state index in [1.54, 1.807) is 13.2 Å². The third-order valence-electron chi connectivity index (χ3n) is 5.87. The highest BCUT2D eigenvalue weighted by atomic mass is 35.5. The van der Waals surface area contributed by atoms with E-state index in [0.29, 0.717) is 5.92 Å². The third kappa shape index (κ3) is 7.02. The molecule has 0 aliphatic carbocycles. The van der Waals surface area contributed by atoms with Gasteiger partial charge in [0.2, 0.25) is 5.91 Å². The van der Waals surface area contributed by atoms with Gasteiger partial charge in [-0.05, 0) is 39.0 Å². The second kappa shape index (κ2) is 11.5. The summed E-state index contributed by atoms with van der Waals surface area (Å²) in [5.41, 5.74) is -0.992. The summed E-state index contributed by atoms with van der Waals surface area (Å²) in [5.74, 6) is 0.195. The molecule has 0 aromatic carbocycles. The largest absolute Gasteiger partial charge is 0.470 e. The van der Waals surface area contributed by atoms with Gasteiger partial charge in [-0.1, -0.05) is 13.3 Å². The second-order valence-electron chi connectivity index (χ2n) is 8.30. The summed E-state index contributed by atoms with van der Waals surface area (Å²) in [6, 6.07) is -1.18. The summed E-state index contributed by atoms with van der Waals surface area (Å²) in [5, 5.41) is 23.4. The van der Waals surface area contributed by atoms with Crippen molar-refractivity contribution in [3.05, 3.63) is 0 Å². The number of likely N-dealkylation sites (N-methyl/N-ethyl adjacent to an activating group) is 1. The zero-order valence-corrected chi connectivity index (χ0v) is 20.6. The van der Waals surface area contributed by atoms with Crippen molar-refractivity contribution in [1.29, 1.82) is 0 Å². The van der Waals surface area contributed by atoms with Crippen molar-refractivity contribution in [2.45, 2.75) is 80.4 Å². The average Bonchev–Trinajstić information content (AvgIpc) is 3.03. The van der Waals surface area contributed by atoms with Crippen molar-refractivity contribution in [2.24, 2.45) is 5.92 Å². The minimum absolute atomic E-state index is 0.238. The van der Waals surface area contributed by atoms with Crippen LogP contribution in [0.3, 0.4) is 0 Å². The molecule has 182 valence electrons. The molecule has 0 bridgehead atoms. The van der Waals surface area contributed by atoms with E-state index in [-0.39, 0.29) is 11.9 Å². The Kier molecular flexibility index (Phi) is 10.1. The zero-order chi connectivity index (χ0) is 23.5. The lowest BCUT2D eigenvalue weighted by molar-refractivity contribution is -0.201. The number of alkyl halides is 1. The van der Waals surface area contributed by atoms with Gasteiger partial charge in [0.15, 0.2) is 0 Å². The molecule has 1 amide bonds. The number of hydrogen-bond donors (Lipinski definition) is 5. The van der Waals surface area contributed by atoms with Gasteiger partial charge in [-0.25, -0.2) is 4.57 Å². The van der Waals surface area contributed by atoms with Crippen LogP contribution in [0.1, 0.15) is 33.1 Å². The Labute approximate surface area is 192 Å². The number of carbonyl (C=O) groups is 1. The molecular formula is C18H34ClN2O8PS. The van der Waals surface area contributed by atoms with Gasteiger partial charge in [0, 0.05) is 6.54 Å². The molecule has 2 fully saturated rings. The van der Waals surface area contributed by atoms with Gasteiger partial charge in [-0.15, -0.1) is 23.4 Å². The Morgan fingerprint density at radius 1 is 1.39 bits per heavy atom. The number of carbonyl (C=O) groups excluding carboxylic acids is 1. The van der Waals surface area contributed by atoms with E-state index in [9.17, 15) is 19.6 Å². The number of aliphatic hydroxyl groups is 2. The number of amides is 1. The number of rotatable bonds is 9. The van der Waals surface area contributed by atoms with Gasteiger partial charge in [-0.2, -0.15) is 0 Å². The number of phosphoric ester groups is 1. The smallest absolute Gasteiger partial charge is 0.388 e. The van der Waals surface area contributed by atoms with E-state index >= 15 is 0 Å². The van der Waals surface area contributed by atoms with Crippen molar-refractivity contribution in [3.8, 4) is 0 Å². The molecule has 2 saturated heterocycles. The quantitative estimate of drug-likeness (QED) is 0.222. The first kappa shape index (κ1) is 27.3. The Morgan fingerprint density at radius 2 is 2.03 bits per heavy atom. The van der Waals surface area contributed by atoms with Crippen molar-refractivity contribution in [1.82, 2.24) is 10.2 Å². The van der Waals surface area contributed by atoms with Crippen LogP contribution in [0.25, 0.3) is 0 Å². The second-order valence-corrected chi connectivity index (χ2v) is 11.1. The van der Waals surface area contributed by atoms with Crippen molar-refractivity contribution < 1.29 is 38.6 Å². The van der Waals surface area contributed by atoms with Crippen LogP contribution in [0, 0.1) is 5.92 Å².